The third kappa shape index (κ3) is 5.57. The van der Waals surface area contributed by atoms with Gasteiger partial charge in [-0.05, 0) is 23.8 Å². The van der Waals surface area contributed by atoms with Crippen molar-refractivity contribution in [1.29, 1.82) is 0 Å². The Hall–Kier alpha value is -3.40. The first-order valence-electron chi connectivity index (χ1n) is 9.00. The van der Waals surface area contributed by atoms with Gasteiger partial charge in [-0.25, -0.2) is 8.42 Å². The van der Waals surface area contributed by atoms with E-state index in [1.165, 1.54) is 14.2 Å². The minimum atomic E-state index is -3.43. The number of nitrogens with one attached hydrogen (secondary N) is 1. The Morgan fingerprint density at radius 3 is 2.47 bits per heavy atom. The molecule has 10 heteroatoms. The molecule has 3 aromatic rings. The van der Waals surface area contributed by atoms with Crippen LogP contribution in [0.3, 0.4) is 0 Å². The largest absolute Gasteiger partial charge is 0.493 e. The van der Waals surface area contributed by atoms with Crippen molar-refractivity contribution in [2.45, 2.75) is 12.2 Å². The van der Waals surface area contributed by atoms with Crippen LogP contribution in [0.25, 0.3) is 11.5 Å². The number of aromatic nitrogens is 2. The number of sulfone groups is 1. The van der Waals surface area contributed by atoms with E-state index in [1.54, 1.807) is 42.5 Å². The number of carbonyl (C=O) groups is 1. The Labute approximate surface area is 174 Å². The van der Waals surface area contributed by atoms with Crippen LogP contribution in [0.15, 0.2) is 52.9 Å². The van der Waals surface area contributed by atoms with Gasteiger partial charge < -0.3 is 13.9 Å². The quantitative estimate of drug-likeness (QED) is 0.549. The van der Waals surface area contributed by atoms with Crippen LogP contribution in [0.5, 0.6) is 11.5 Å². The molecule has 0 saturated heterocycles. The van der Waals surface area contributed by atoms with Crippen LogP contribution in [0, 0.1) is 0 Å². The average molecular weight is 431 g/mol. The number of methoxy groups -OCH3 is 2. The molecule has 0 aliphatic carbocycles. The summed E-state index contributed by atoms with van der Waals surface area (Å²) in [6.07, 6.45) is -0.219. The number of nitrogens with zero attached hydrogens (tertiary/aromatic N) is 2. The minimum Gasteiger partial charge on any atom is -0.493 e. The number of benzene rings is 2. The van der Waals surface area contributed by atoms with Crippen LogP contribution in [0.2, 0.25) is 0 Å². The smallest absolute Gasteiger partial charge is 0.322 e. The van der Waals surface area contributed by atoms with Crippen molar-refractivity contribution in [3.05, 3.63) is 54.1 Å². The number of hydrogen-bond acceptors (Lipinski definition) is 8. The van der Waals surface area contributed by atoms with E-state index in [-0.39, 0.29) is 29.8 Å². The van der Waals surface area contributed by atoms with Gasteiger partial charge in [-0.15, -0.1) is 5.10 Å². The minimum absolute atomic E-state index is 0.120. The van der Waals surface area contributed by atoms with Crippen molar-refractivity contribution >= 4 is 21.8 Å². The highest BCUT2D eigenvalue weighted by atomic mass is 32.2. The molecule has 1 heterocycles. The average Bonchev–Trinajstić information content (AvgIpc) is 3.20. The zero-order chi connectivity index (χ0) is 21.6. The molecule has 1 amide bonds. The van der Waals surface area contributed by atoms with Gasteiger partial charge in [0.15, 0.2) is 21.3 Å². The SMILES string of the molecule is COc1ccc(-c2nnc(NC(=O)CCS(=O)(=O)Cc3ccccc3)o2)cc1OC. The molecule has 0 fully saturated rings. The van der Waals surface area contributed by atoms with E-state index in [4.69, 9.17) is 13.9 Å². The standard InChI is InChI=1S/C20H21N3O6S/c1-27-16-9-8-15(12-17(16)28-2)19-22-23-20(29-19)21-18(24)10-11-30(25,26)13-14-6-4-3-5-7-14/h3-9,12H,10-11,13H2,1-2H3,(H,21,23,24). The van der Waals surface area contributed by atoms with E-state index in [1.807, 2.05) is 6.07 Å². The first kappa shape index (κ1) is 21.3. The van der Waals surface area contributed by atoms with Crippen LogP contribution in [0.4, 0.5) is 6.01 Å². The van der Waals surface area contributed by atoms with Gasteiger partial charge in [0, 0.05) is 12.0 Å². The van der Waals surface area contributed by atoms with E-state index in [9.17, 15) is 13.2 Å². The summed E-state index contributed by atoms with van der Waals surface area (Å²) in [6, 6.07) is 13.7. The van der Waals surface area contributed by atoms with Crippen LogP contribution in [-0.4, -0.2) is 44.5 Å². The lowest BCUT2D eigenvalue weighted by atomic mass is 10.2. The van der Waals surface area contributed by atoms with Gasteiger partial charge in [-0.3, -0.25) is 10.1 Å². The number of hydrogen-bond donors (Lipinski definition) is 1. The van der Waals surface area contributed by atoms with E-state index in [2.05, 4.69) is 15.5 Å². The maximum Gasteiger partial charge on any atom is 0.322 e. The van der Waals surface area contributed by atoms with E-state index < -0.39 is 15.7 Å². The molecule has 2 aromatic carbocycles. The molecule has 0 radical (unpaired) electrons. The van der Waals surface area contributed by atoms with E-state index >= 15 is 0 Å². The lowest BCUT2D eigenvalue weighted by Crippen LogP contribution is -2.18. The Kier molecular flexibility index (Phi) is 6.68. The Morgan fingerprint density at radius 1 is 1.03 bits per heavy atom. The van der Waals surface area contributed by atoms with E-state index in [0.717, 1.165) is 0 Å². The zero-order valence-corrected chi connectivity index (χ0v) is 17.3. The molecule has 0 unspecified atom stereocenters. The molecule has 1 aromatic heterocycles. The summed E-state index contributed by atoms with van der Waals surface area (Å²) in [4.78, 5) is 12.1. The Bertz CT molecular complexity index is 1110. The van der Waals surface area contributed by atoms with Gasteiger partial charge >= 0.3 is 6.01 Å². The second-order valence-corrected chi connectivity index (χ2v) is 8.54. The molecule has 30 heavy (non-hydrogen) atoms. The Morgan fingerprint density at radius 2 is 1.77 bits per heavy atom. The molecule has 0 saturated carbocycles. The zero-order valence-electron chi connectivity index (χ0n) is 16.5. The summed E-state index contributed by atoms with van der Waals surface area (Å²) >= 11 is 0. The van der Waals surface area contributed by atoms with Crippen LogP contribution >= 0.6 is 0 Å². The highest BCUT2D eigenvalue weighted by molar-refractivity contribution is 7.90. The van der Waals surface area contributed by atoms with Gasteiger partial charge in [0.05, 0.1) is 25.7 Å². The lowest BCUT2D eigenvalue weighted by molar-refractivity contribution is -0.115. The van der Waals surface area contributed by atoms with Crippen LogP contribution in [-0.2, 0) is 20.4 Å². The van der Waals surface area contributed by atoms with Crippen molar-refractivity contribution in [2.24, 2.45) is 0 Å². The fraction of sp³-hybridized carbons (Fsp3) is 0.250. The molecule has 0 spiro atoms. The first-order valence-corrected chi connectivity index (χ1v) is 10.8. The predicted octanol–water partition coefficient (Wildman–Crippen LogP) is 2.70. The molecule has 0 atom stereocenters. The number of carbonyl (C=O) groups excluding carboxylic acids is 1. The third-order valence-electron chi connectivity index (χ3n) is 4.17. The molecule has 158 valence electrons. The second kappa shape index (κ2) is 9.40. The number of anilines is 1. The highest BCUT2D eigenvalue weighted by Crippen LogP contribution is 2.32. The molecular weight excluding hydrogens is 410 g/mol. The molecule has 0 aliphatic heterocycles. The summed E-state index contributed by atoms with van der Waals surface area (Å²) in [6.45, 7) is 0. The van der Waals surface area contributed by atoms with Crippen molar-refractivity contribution in [2.75, 3.05) is 25.3 Å². The molecular formula is C20H21N3O6S. The fourth-order valence-electron chi connectivity index (χ4n) is 2.69. The number of rotatable bonds is 9. The summed E-state index contributed by atoms with van der Waals surface area (Å²) in [5.74, 6) is 0.265. The van der Waals surface area contributed by atoms with Crippen LogP contribution in [0.1, 0.15) is 12.0 Å². The van der Waals surface area contributed by atoms with Crippen molar-refractivity contribution in [3.63, 3.8) is 0 Å². The molecule has 1 N–H and O–H groups in total. The number of amides is 1. The van der Waals surface area contributed by atoms with Gasteiger partial charge in [-0.2, -0.15) is 0 Å². The third-order valence-corrected chi connectivity index (χ3v) is 5.77. The van der Waals surface area contributed by atoms with Crippen molar-refractivity contribution in [1.82, 2.24) is 10.2 Å². The summed E-state index contributed by atoms with van der Waals surface area (Å²) in [7, 11) is -0.395. The second-order valence-electron chi connectivity index (χ2n) is 6.36. The lowest BCUT2D eigenvalue weighted by Gasteiger charge is -2.07. The maximum absolute atomic E-state index is 12.2. The first-order chi connectivity index (χ1) is 14.4. The highest BCUT2D eigenvalue weighted by Gasteiger charge is 2.17. The van der Waals surface area contributed by atoms with E-state index in [0.29, 0.717) is 22.6 Å². The summed E-state index contributed by atoms with van der Waals surface area (Å²) < 4.78 is 40.3. The van der Waals surface area contributed by atoms with Gasteiger partial charge in [0.2, 0.25) is 11.8 Å². The van der Waals surface area contributed by atoms with Crippen molar-refractivity contribution < 1.29 is 27.1 Å². The molecule has 9 nitrogen and oxygen atoms in total. The van der Waals surface area contributed by atoms with Gasteiger partial charge in [-0.1, -0.05) is 35.4 Å². The summed E-state index contributed by atoms with van der Waals surface area (Å²) in [5.41, 5.74) is 1.25. The van der Waals surface area contributed by atoms with Gasteiger partial charge in [0.25, 0.3) is 0 Å². The molecule has 0 bridgehead atoms. The predicted molar refractivity (Wildman–Crippen MR) is 110 cm³/mol. The topological polar surface area (TPSA) is 121 Å². The molecule has 3 rings (SSSR count). The monoisotopic (exact) mass is 431 g/mol. The Balaban J connectivity index is 1.58. The van der Waals surface area contributed by atoms with Crippen molar-refractivity contribution in [3.8, 4) is 23.0 Å². The summed E-state index contributed by atoms with van der Waals surface area (Å²) in [5, 5.41) is 10.1. The normalized spacial score (nSPS) is 11.1. The van der Waals surface area contributed by atoms with Gasteiger partial charge in [0.1, 0.15) is 0 Å². The number of ether oxygens (including phenoxy) is 2. The maximum atomic E-state index is 12.2. The van der Waals surface area contributed by atoms with Crippen LogP contribution < -0.4 is 14.8 Å². The fourth-order valence-corrected chi connectivity index (χ4v) is 4.03. The molecule has 0 aliphatic rings.